The number of halogens is 1. The Hall–Kier alpha value is -0.740. The normalized spacial score (nSPS) is 18.0. The van der Waals surface area contributed by atoms with Crippen LogP contribution >= 0.6 is 15.9 Å². The van der Waals surface area contributed by atoms with Gasteiger partial charge in [-0.05, 0) is 52.9 Å². The van der Waals surface area contributed by atoms with Gasteiger partial charge in [0.15, 0.2) is 11.5 Å². The number of benzene rings is 1. The number of hydrogen-bond acceptors (Lipinski definition) is 3. The second-order valence-electron chi connectivity index (χ2n) is 5.12. The number of nitrogens with two attached hydrogens (primary N) is 1. The van der Waals surface area contributed by atoms with Crippen LogP contribution in [0.25, 0.3) is 0 Å². The van der Waals surface area contributed by atoms with Crippen LogP contribution in [0.5, 0.6) is 11.5 Å². The fourth-order valence-electron chi connectivity index (χ4n) is 3.15. The molecule has 0 spiro atoms. The molecule has 1 aliphatic rings. The Bertz CT molecular complexity index is 454. The highest BCUT2D eigenvalue weighted by Gasteiger charge is 2.38. The van der Waals surface area contributed by atoms with Gasteiger partial charge in [-0.15, -0.1) is 0 Å². The van der Waals surface area contributed by atoms with Crippen LogP contribution in [0.15, 0.2) is 10.5 Å². The SMILES string of the molecule is COc1cc(C)c(C2(CN)CCCC2)c(Br)c1O. The highest BCUT2D eigenvalue weighted by atomic mass is 79.9. The zero-order chi connectivity index (χ0) is 13.3. The number of phenolic OH excluding ortho intramolecular Hbond substituents is 1. The molecule has 0 bridgehead atoms. The van der Waals surface area contributed by atoms with E-state index in [1.54, 1.807) is 7.11 Å². The van der Waals surface area contributed by atoms with Crippen LogP contribution in [0, 0.1) is 6.92 Å². The van der Waals surface area contributed by atoms with E-state index in [2.05, 4.69) is 22.9 Å². The quantitative estimate of drug-likeness (QED) is 0.900. The first kappa shape index (κ1) is 13.7. The summed E-state index contributed by atoms with van der Waals surface area (Å²) >= 11 is 3.52. The summed E-state index contributed by atoms with van der Waals surface area (Å²) in [4.78, 5) is 0. The molecule has 1 aromatic carbocycles. The number of phenols is 1. The monoisotopic (exact) mass is 313 g/mol. The lowest BCUT2D eigenvalue weighted by Crippen LogP contribution is -2.33. The summed E-state index contributed by atoms with van der Waals surface area (Å²) < 4.78 is 5.92. The predicted molar refractivity (Wildman–Crippen MR) is 76.3 cm³/mol. The molecule has 0 aliphatic heterocycles. The molecule has 0 heterocycles. The van der Waals surface area contributed by atoms with Gasteiger partial charge in [0.2, 0.25) is 0 Å². The molecule has 100 valence electrons. The molecule has 0 unspecified atom stereocenters. The maximum absolute atomic E-state index is 10.2. The number of rotatable bonds is 3. The fraction of sp³-hybridized carbons (Fsp3) is 0.571. The topological polar surface area (TPSA) is 55.5 Å². The van der Waals surface area contributed by atoms with Crippen LogP contribution in [-0.4, -0.2) is 18.8 Å². The summed E-state index contributed by atoms with van der Waals surface area (Å²) in [6.07, 6.45) is 4.59. The molecule has 0 aromatic heterocycles. The summed E-state index contributed by atoms with van der Waals surface area (Å²) in [7, 11) is 1.56. The molecular weight excluding hydrogens is 294 g/mol. The lowest BCUT2D eigenvalue weighted by Gasteiger charge is -2.31. The van der Waals surface area contributed by atoms with E-state index in [0.717, 1.165) is 28.4 Å². The van der Waals surface area contributed by atoms with Crippen molar-refractivity contribution >= 4 is 15.9 Å². The van der Waals surface area contributed by atoms with Crippen molar-refractivity contribution in [1.82, 2.24) is 0 Å². The number of aryl methyl sites for hydroxylation is 1. The third-order valence-electron chi connectivity index (χ3n) is 4.10. The Morgan fingerprint density at radius 1 is 1.44 bits per heavy atom. The molecule has 0 amide bonds. The van der Waals surface area contributed by atoms with Gasteiger partial charge in [-0.1, -0.05) is 12.8 Å². The minimum atomic E-state index is 0.00662. The highest BCUT2D eigenvalue weighted by molar-refractivity contribution is 9.10. The molecule has 3 N–H and O–H groups in total. The van der Waals surface area contributed by atoms with E-state index < -0.39 is 0 Å². The Balaban J connectivity index is 2.60. The summed E-state index contributed by atoms with van der Waals surface area (Å²) in [5.74, 6) is 0.686. The van der Waals surface area contributed by atoms with Crippen molar-refractivity contribution in [2.24, 2.45) is 5.73 Å². The Labute approximate surface area is 116 Å². The molecule has 1 saturated carbocycles. The Kier molecular flexibility index (Phi) is 3.87. The van der Waals surface area contributed by atoms with Crippen molar-refractivity contribution in [3.8, 4) is 11.5 Å². The second-order valence-corrected chi connectivity index (χ2v) is 5.92. The van der Waals surface area contributed by atoms with E-state index in [0.29, 0.717) is 12.3 Å². The van der Waals surface area contributed by atoms with E-state index in [1.807, 2.05) is 6.07 Å². The Morgan fingerprint density at radius 2 is 2.06 bits per heavy atom. The maximum Gasteiger partial charge on any atom is 0.172 e. The molecule has 2 rings (SSSR count). The fourth-order valence-corrected chi connectivity index (χ4v) is 4.08. The first-order valence-corrected chi connectivity index (χ1v) is 7.11. The smallest absolute Gasteiger partial charge is 0.172 e. The molecule has 1 fully saturated rings. The molecule has 0 saturated heterocycles. The van der Waals surface area contributed by atoms with Crippen LogP contribution in [-0.2, 0) is 5.41 Å². The van der Waals surface area contributed by atoms with Gasteiger partial charge >= 0.3 is 0 Å². The third-order valence-corrected chi connectivity index (χ3v) is 4.88. The predicted octanol–water partition coefficient (Wildman–Crippen LogP) is 3.24. The lowest BCUT2D eigenvalue weighted by atomic mass is 9.77. The molecule has 3 nitrogen and oxygen atoms in total. The van der Waals surface area contributed by atoms with Crippen molar-refractivity contribution < 1.29 is 9.84 Å². The van der Waals surface area contributed by atoms with Gasteiger partial charge in [0, 0.05) is 12.0 Å². The van der Waals surface area contributed by atoms with Crippen LogP contribution in [0.2, 0.25) is 0 Å². The second kappa shape index (κ2) is 5.10. The van der Waals surface area contributed by atoms with Crippen LogP contribution in [0.4, 0.5) is 0 Å². The highest BCUT2D eigenvalue weighted by Crippen LogP contribution is 2.49. The van der Waals surface area contributed by atoms with Crippen molar-refractivity contribution in [3.05, 3.63) is 21.7 Å². The van der Waals surface area contributed by atoms with E-state index in [4.69, 9.17) is 10.5 Å². The van der Waals surface area contributed by atoms with Crippen molar-refractivity contribution in [1.29, 1.82) is 0 Å². The number of aromatic hydroxyl groups is 1. The van der Waals surface area contributed by atoms with Crippen LogP contribution in [0.3, 0.4) is 0 Å². The van der Waals surface area contributed by atoms with Gasteiger partial charge in [0.1, 0.15) is 0 Å². The van der Waals surface area contributed by atoms with Gasteiger partial charge in [0.05, 0.1) is 11.6 Å². The number of ether oxygens (including phenoxy) is 1. The van der Waals surface area contributed by atoms with Crippen molar-refractivity contribution in [2.45, 2.75) is 38.0 Å². The zero-order valence-electron chi connectivity index (χ0n) is 10.9. The lowest BCUT2D eigenvalue weighted by molar-refractivity contribution is 0.367. The van der Waals surface area contributed by atoms with Crippen LogP contribution in [0.1, 0.15) is 36.8 Å². The first-order valence-electron chi connectivity index (χ1n) is 6.32. The van der Waals surface area contributed by atoms with E-state index >= 15 is 0 Å². The first-order chi connectivity index (χ1) is 8.55. The molecule has 0 radical (unpaired) electrons. The minimum absolute atomic E-state index is 0.00662. The van der Waals surface area contributed by atoms with E-state index in [9.17, 15) is 5.11 Å². The minimum Gasteiger partial charge on any atom is -0.503 e. The molecule has 1 aliphatic carbocycles. The maximum atomic E-state index is 10.2. The van der Waals surface area contributed by atoms with Crippen molar-refractivity contribution in [3.63, 3.8) is 0 Å². The largest absolute Gasteiger partial charge is 0.503 e. The van der Waals surface area contributed by atoms with Gasteiger partial charge in [-0.2, -0.15) is 0 Å². The van der Waals surface area contributed by atoms with Gasteiger partial charge < -0.3 is 15.6 Å². The molecule has 18 heavy (non-hydrogen) atoms. The van der Waals surface area contributed by atoms with Gasteiger partial charge in [0.25, 0.3) is 0 Å². The number of hydrogen-bond donors (Lipinski definition) is 2. The van der Waals surface area contributed by atoms with Crippen LogP contribution < -0.4 is 10.5 Å². The molecule has 4 heteroatoms. The van der Waals surface area contributed by atoms with E-state index in [1.165, 1.54) is 12.8 Å². The standard InChI is InChI=1S/C14H20BrNO2/c1-9-7-10(18-2)13(17)12(15)11(9)14(8-16)5-3-4-6-14/h7,17H,3-6,8,16H2,1-2H3. The molecule has 1 aromatic rings. The number of methoxy groups -OCH3 is 1. The average Bonchev–Trinajstić information content (AvgIpc) is 2.83. The summed E-state index contributed by atoms with van der Waals surface area (Å²) in [6.45, 7) is 2.68. The molecule has 0 atom stereocenters. The van der Waals surface area contributed by atoms with Gasteiger partial charge in [-0.3, -0.25) is 0 Å². The van der Waals surface area contributed by atoms with Crippen molar-refractivity contribution in [2.75, 3.05) is 13.7 Å². The molecular formula is C14H20BrNO2. The van der Waals surface area contributed by atoms with Gasteiger partial charge in [-0.25, -0.2) is 0 Å². The van der Waals surface area contributed by atoms with E-state index in [-0.39, 0.29) is 11.2 Å². The summed E-state index contributed by atoms with van der Waals surface area (Å²) in [6, 6.07) is 1.89. The Morgan fingerprint density at radius 3 is 2.56 bits per heavy atom. The average molecular weight is 314 g/mol. The summed E-state index contributed by atoms with van der Waals surface area (Å²) in [5, 5.41) is 10.2. The zero-order valence-corrected chi connectivity index (χ0v) is 12.5. The third kappa shape index (κ3) is 2.01. The summed E-state index contributed by atoms with van der Waals surface area (Å²) in [5.41, 5.74) is 8.31.